The summed E-state index contributed by atoms with van der Waals surface area (Å²) in [6, 6.07) is 8.21. The Morgan fingerprint density at radius 1 is 1.25 bits per heavy atom. The number of nitrogens with zero attached hydrogens (tertiary/aromatic N) is 1. The van der Waals surface area contributed by atoms with E-state index in [0.29, 0.717) is 13.0 Å². The number of carbonyl (C=O) groups excluding carboxylic acids is 2. The van der Waals surface area contributed by atoms with Crippen LogP contribution in [0.4, 0.5) is 0 Å². The lowest BCUT2D eigenvalue weighted by molar-refractivity contribution is -0.138. The molecule has 2 amide bonds. The Bertz CT molecular complexity index is 626. The summed E-state index contributed by atoms with van der Waals surface area (Å²) in [5.74, 6) is 0.190. The number of hydrogen-bond donors (Lipinski definition) is 1. The summed E-state index contributed by atoms with van der Waals surface area (Å²) in [5, 5.41) is 0. The normalized spacial score (nSPS) is 23.2. The van der Waals surface area contributed by atoms with E-state index in [2.05, 4.69) is 28.1 Å². The Morgan fingerprint density at radius 3 is 2.67 bits per heavy atom. The molecule has 1 saturated carbocycles. The van der Waals surface area contributed by atoms with Crippen molar-refractivity contribution in [3.8, 4) is 0 Å². The van der Waals surface area contributed by atoms with E-state index in [4.69, 9.17) is 5.73 Å². The second kappa shape index (κ2) is 7.26. The number of rotatable bonds is 4. The minimum Gasteiger partial charge on any atom is -0.370 e. The number of halogens is 1. The molecule has 0 radical (unpaired) electrons. The van der Waals surface area contributed by atoms with Crippen LogP contribution in [0.25, 0.3) is 0 Å². The van der Waals surface area contributed by atoms with Gasteiger partial charge in [0.25, 0.3) is 0 Å². The van der Waals surface area contributed by atoms with E-state index in [9.17, 15) is 9.59 Å². The molecule has 24 heavy (non-hydrogen) atoms. The van der Waals surface area contributed by atoms with Gasteiger partial charge in [0.15, 0.2) is 0 Å². The zero-order valence-corrected chi connectivity index (χ0v) is 15.6. The lowest BCUT2D eigenvalue weighted by Gasteiger charge is -2.39. The number of primary amides is 1. The average molecular weight is 393 g/mol. The molecule has 1 aromatic carbocycles. The fraction of sp³-hybridized carbons (Fsp3) is 0.579. The van der Waals surface area contributed by atoms with E-state index in [0.717, 1.165) is 48.7 Å². The maximum absolute atomic E-state index is 13.5. The Hall–Kier alpha value is -1.36. The van der Waals surface area contributed by atoms with Crippen molar-refractivity contribution in [2.24, 2.45) is 11.7 Å². The van der Waals surface area contributed by atoms with Crippen LogP contribution in [0, 0.1) is 5.92 Å². The smallest absolute Gasteiger partial charge is 0.233 e. The zero-order chi connectivity index (χ0) is 17.2. The summed E-state index contributed by atoms with van der Waals surface area (Å²) in [7, 11) is 0. The van der Waals surface area contributed by atoms with Gasteiger partial charge in [-0.1, -0.05) is 47.3 Å². The highest BCUT2D eigenvalue weighted by molar-refractivity contribution is 9.10. The second-order valence-corrected chi connectivity index (χ2v) is 8.15. The fourth-order valence-corrected chi connectivity index (χ4v) is 4.74. The summed E-state index contributed by atoms with van der Waals surface area (Å²) in [6.45, 7) is 1.41. The Balaban J connectivity index is 1.84. The molecule has 2 aliphatic rings. The van der Waals surface area contributed by atoms with Crippen molar-refractivity contribution in [3.05, 3.63) is 34.3 Å². The molecular formula is C19H25BrN2O2. The second-order valence-electron chi connectivity index (χ2n) is 7.23. The molecule has 1 atom stereocenters. The lowest BCUT2D eigenvalue weighted by Crippen LogP contribution is -2.47. The first kappa shape index (κ1) is 17.5. The summed E-state index contributed by atoms with van der Waals surface area (Å²) in [5.41, 5.74) is 6.05. The Kier molecular flexibility index (Phi) is 5.28. The highest BCUT2D eigenvalue weighted by Crippen LogP contribution is 2.42. The SMILES string of the molecule is NC(=O)C[C@H]1CCN(C(=O)C2(c3cccc(Br)c3)CCCCC2)C1. The molecule has 2 N–H and O–H groups in total. The van der Waals surface area contributed by atoms with Gasteiger partial charge in [0.05, 0.1) is 5.41 Å². The van der Waals surface area contributed by atoms with Gasteiger partial charge in [-0.05, 0) is 42.9 Å². The molecule has 1 saturated heterocycles. The van der Waals surface area contributed by atoms with Crippen LogP contribution >= 0.6 is 15.9 Å². The van der Waals surface area contributed by atoms with Gasteiger partial charge in [-0.3, -0.25) is 9.59 Å². The molecule has 1 aliphatic carbocycles. The van der Waals surface area contributed by atoms with Gasteiger partial charge in [0, 0.05) is 24.0 Å². The molecule has 1 aromatic rings. The Labute approximate surface area is 151 Å². The predicted molar refractivity (Wildman–Crippen MR) is 97.4 cm³/mol. The monoisotopic (exact) mass is 392 g/mol. The molecule has 2 fully saturated rings. The van der Waals surface area contributed by atoms with Crippen LogP contribution in [0.5, 0.6) is 0 Å². The van der Waals surface area contributed by atoms with Crippen molar-refractivity contribution >= 4 is 27.7 Å². The third-order valence-electron chi connectivity index (χ3n) is 5.56. The van der Waals surface area contributed by atoms with Crippen LogP contribution in [0.1, 0.15) is 50.5 Å². The van der Waals surface area contributed by atoms with Crippen LogP contribution in [0.2, 0.25) is 0 Å². The van der Waals surface area contributed by atoms with Gasteiger partial charge in [-0.15, -0.1) is 0 Å². The molecule has 0 bridgehead atoms. The molecule has 130 valence electrons. The van der Waals surface area contributed by atoms with Gasteiger partial charge in [0.2, 0.25) is 11.8 Å². The van der Waals surface area contributed by atoms with E-state index < -0.39 is 5.41 Å². The van der Waals surface area contributed by atoms with Crippen LogP contribution in [-0.2, 0) is 15.0 Å². The summed E-state index contributed by atoms with van der Waals surface area (Å²) < 4.78 is 1.02. The lowest BCUT2D eigenvalue weighted by atomic mass is 9.68. The van der Waals surface area contributed by atoms with Crippen molar-refractivity contribution in [2.75, 3.05) is 13.1 Å². The molecule has 5 heteroatoms. The highest BCUT2D eigenvalue weighted by atomic mass is 79.9. The molecule has 0 aromatic heterocycles. The third kappa shape index (κ3) is 3.51. The largest absolute Gasteiger partial charge is 0.370 e. The van der Waals surface area contributed by atoms with E-state index in [1.54, 1.807) is 0 Å². The average Bonchev–Trinajstić information content (AvgIpc) is 3.02. The summed E-state index contributed by atoms with van der Waals surface area (Å²) in [6.07, 6.45) is 6.48. The van der Waals surface area contributed by atoms with Gasteiger partial charge in [-0.25, -0.2) is 0 Å². The minimum absolute atomic E-state index is 0.217. The minimum atomic E-state index is -0.399. The van der Waals surface area contributed by atoms with Crippen molar-refractivity contribution in [3.63, 3.8) is 0 Å². The molecular weight excluding hydrogens is 368 g/mol. The predicted octanol–water partition coefficient (Wildman–Crippen LogP) is 3.37. The number of nitrogens with two attached hydrogens (primary N) is 1. The summed E-state index contributed by atoms with van der Waals surface area (Å²) in [4.78, 5) is 26.6. The maximum Gasteiger partial charge on any atom is 0.233 e. The number of hydrogen-bond acceptors (Lipinski definition) is 2. The van der Waals surface area contributed by atoms with E-state index in [1.807, 2.05) is 17.0 Å². The number of carbonyl (C=O) groups is 2. The molecule has 0 unspecified atom stereocenters. The van der Waals surface area contributed by atoms with Crippen LogP contribution in [0.15, 0.2) is 28.7 Å². The Morgan fingerprint density at radius 2 is 2.00 bits per heavy atom. The van der Waals surface area contributed by atoms with Gasteiger partial charge >= 0.3 is 0 Å². The number of benzene rings is 1. The fourth-order valence-electron chi connectivity index (χ4n) is 4.34. The molecule has 3 rings (SSSR count). The third-order valence-corrected chi connectivity index (χ3v) is 6.05. The van der Waals surface area contributed by atoms with E-state index in [1.165, 1.54) is 6.42 Å². The van der Waals surface area contributed by atoms with Crippen LogP contribution in [0.3, 0.4) is 0 Å². The van der Waals surface area contributed by atoms with E-state index >= 15 is 0 Å². The molecule has 0 spiro atoms. The van der Waals surface area contributed by atoms with Gasteiger partial charge in [0.1, 0.15) is 0 Å². The van der Waals surface area contributed by atoms with Crippen molar-refractivity contribution < 1.29 is 9.59 Å². The topological polar surface area (TPSA) is 63.4 Å². The molecule has 1 aliphatic heterocycles. The standard InChI is InChI=1S/C19H25BrN2O2/c20-16-6-4-5-15(12-16)19(8-2-1-3-9-19)18(24)22-10-7-14(13-22)11-17(21)23/h4-6,12,14H,1-3,7-11,13H2,(H2,21,23)/t14-/m1/s1. The molecule has 1 heterocycles. The zero-order valence-electron chi connectivity index (χ0n) is 14.0. The maximum atomic E-state index is 13.5. The summed E-state index contributed by atoms with van der Waals surface area (Å²) >= 11 is 3.55. The first-order valence-electron chi connectivity index (χ1n) is 8.85. The highest BCUT2D eigenvalue weighted by Gasteiger charge is 2.45. The first-order chi connectivity index (χ1) is 11.5. The quantitative estimate of drug-likeness (QED) is 0.853. The van der Waals surface area contributed by atoms with Crippen molar-refractivity contribution in [1.29, 1.82) is 0 Å². The van der Waals surface area contributed by atoms with E-state index in [-0.39, 0.29) is 17.7 Å². The number of amides is 2. The van der Waals surface area contributed by atoms with Crippen LogP contribution < -0.4 is 5.73 Å². The van der Waals surface area contributed by atoms with Crippen molar-refractivity contribution in [2.45, 2.75) is 50.4 Å². The van der Waals surface area contributed by atoms with Gasteiger partial charge in [-0.2, -0.15) is 0 Å². The first-order valence-corrected chi connectivity index (χ1v) is 9.64. The molecule has 4 nitrogen and oxygen atoms in total. The van der Waals surface area contributed by atoms with Crippen molar-refractivity contribution in [1.82, 2.24) is 4.90 Å². The number of likely N-dealkylation sites (tertiary alicyclic amines) is 1. The van der Waals surface area contributed by atoms with Gasteiger partial charge < -0.3 is 10.6 Å². The van der Waals surface area contributed by atoms with Crippen LogP contribution in [-0.4, -0.2) is 29.8 Å².